The highest BCUT2D eigenvalue weighted by Gasteiger charge is 2.13. The summed E-state index contributed by atoms with van der Waals surface area (Å²) in [5.74, 6) is 0.250. The van der Waals surface area contributed by atoms with E-state index in [1.807, 2.05) is 0 Å². The molecule has 124 valence electrons. The minimum Gasteiger partial charge on any atom is -0.462 e. The van der Waals surface area contributed by atoms with Crippen LogP contribution in [0.15, 0.2) is 24.3 Å². The summed E-state index contributed by atoms with van der Waals surface area (Å²) in [5.41, 5.74) is 0.574. The Balaban J connectivity index is 2.40. The van der Waals surface area contributed by atoms with Crippen molar-refractivity contribution in [2.24, 2.45) is 5.92 Å². The number of rotatable bonds is 11. The summed E-state index contributed by atoms with van der Waals surface area (Å²) in [6, 6.07) is 6.87. The monoisotopic (exact) mass is 324 g/mol. The third-order valence-electron chi connectivity index (χ3n) is 3.96. The van der Waals surface area contributed by atoms with E-state index in [-0.39, 0.29) is 5.97 Å². The van der Waals surface area contributed by atoms with Gasteiger partial charge < -0.3 is 4.74 Å². The Bertz CT molecular complexity index is 414. The van der Waals surface area contributed by atoms with Crippen LogP contribution < -0.4 is 0 Å². The van der Waals surface area contributed by atoms with E-state index in [0.717, 1.165) is 12.8 Å². The Hall–Kier alpha value is -1.02. The van der Waals surface area contributed by atoms with Gasteiger partial charge in [0.1, 0.15) is 0 Å². The van der Waals surface area contributed by atoms with Crippen LogP contribution in [-0.2, 0) is 4.74 Å². The molecule has 1 aromatic rings. The molecule has 0 radical (unpaired) electrons. The number of benzene rings is 1. The number of esters is 1. The van der Waals surface area contributed by atoms with Crippen molar-refractivity contribution in [1.82, 2.24) is 0 Å². The largest absolute Gasteiger partial charge is 0.462 e. The van der Waals surface area contributed by atoms with E-state index in [4.69, 9.17) is 16.3 Å². The number of carbonyl (C=O) groups is 1. The molecule has 1 atom stereocenters. The Kier molecular flexibility index (Phi) is 9.98. The first kappa shape index (κ1) is 19.0. The van der Waals surface area contributed by atoms with Crippen LogP contribution in [0.4, 0.5) is 0 Å². The first-order valence-corrected chi connectivity index (χ1v) is 8.97. The molecule has 0 aliphatic carbocycles. The molecule has 0 aliphatic rings. The highest BCUT2D eigenvalue weighted by Crippen LogP contribution is 2.19. The van der Waals surface area contributed by atoms with Crippen molar-refractivity contribution >= 4 is 17.6 Å². The van der Waals surface area contributed by atoms with Gasteiger partial charge in [-0.05, 0) is 43.0 Å². The van der Waals surface area contributed by atoms with Gasteiger partial charge in [0.05, 0.1) is 12.2 Å². The van der Waals surface area contributed by atoms with E-state index < -0.39 is 0 Å². The van der Waals surface area contributed by atoms with Crippen molar-refractivity contribution in [3.8, 4) is 0 Å². The quantitative estimate of drug-likeness (QED) is 0.354. The van der Waals surface area contributed by atoms with Gasteiger partial charge in [-0.3, -0.25) is 0 Å². The molecule has 1 rings (SSSR count). The molecule has 0 aromatic heterocycles. The van der Waals surface area contributed by atoms with Gasteiger partial charge in [0, 0.05) is 5.02 Å². The van der Waals surface area contributed by atoms with Crippen molar-refractivity contribution in [2.75, 3.05) is 6.61 Å². The van der Waals surface area contributed by atoms with Crippen LogP contribution in [0.5, 0.6) is 0 Å². The second kappa shape index (κ2) is 11.5. The lowest BCUT2D eigenvalue weighted by Crippen LogP contribution is -2.14. The number of carbonyl (C=O) groups excluding carboxylic acids is 1. The predicted octanol–water partition coefficient (Wildman–Crippen LogP) is 6.27. The third-order valence-corrected chi connectivity index (χ3v) is 4.21. The number of unbranched alkanes of at least 4 members (excludes halogenated alkanes) is 4. The molecule has 0 fully saturated rings. The lowest BCUT2D eigenvalue weighted by atomic mass is 9.96. The molecule has 3 heteroatoms. The van der Waals surface area contributed by atoms with E-state index in [2.05, 4.69) is 13.8 Å². The third kappa shape index (κ3) is 7.84. The molecule has 0 spiro atoms. The van der Waals surface area contributed by atoms with Gasteiger partial charge in [0.25, 0.3) is 0 Å². The molecule has 2 nitrogen and oxygen atoms in total. The van der Waals surface area contributed by atoms with E-state index in [0.29, 0.717) is 23.1 Å². The standard InChI is InChI=1S/C19H29ClO2/c1-3-5-7-8-10-16(9-6-4-2)15-22-19(21)17-11-13-18(20)14-12-17/h11-14,16H,3-10,15H2,1-2H3. The molecule has 1 unspecified atom stereocenters. The molecule has 22 heavy (non-hydrogen) atoms. The number of halogens is 1. The first-order chi connectivity index (χ1) is 10.7. The van der Waals surface area contributed by atoms with Gasteiger partial charge in [-0.2, -0.15) is 0 Å². The molecular formula is C19H29ClO2. The fourth-order valence-corrected chi connectivity index (χ4v) is 2.65. The lowest BCUT2D eigenvalue weighted by Gasteiger charge is -2.16. The van der Waals surface area contributed by atoms with E-state index in [9.17, 15) is 4.79 Å². The van der Waals surface area contributed by atoms with Crippen LogP contribution in [0.3, 0.4) is 0 Å². The number of hydrogen-bond acceptors (Lipinski definition) is 2. The number of hydrogen-bond donors (Lipinski definition) is 0. The van der Waals surface area contributed by atoms with Crippen LogP contribution >= 0.6 is 11.6 Å². The fraction of sp³-hybridized carbons (Fsp3) is 0.632. The maximum atomic E-state index is 12.0. The average molecular weight is 325 g/mol. The van der Waals surface area contributed by atoms with Gasteiger partial charge >= 0.3 is 5.97 Å². The van der Waals surface area contributed by atoms with E-state index in [1.165, 1.54) is 38.5 Å². The van der Waals surface area contributed by atoms with Crippen molar-refractivity contribution in [2.45, 2.75) is 65.2 Å². The normalized spacial score (nSPS) is 12.1. The number of ether oxygens (including phenoxy) is 1. The highest BCUT2D eigenvalue weighted by molar-refractivity contribution is 6.30. The van der Waals surface area contributed by atoms with Gasteiger partial charge in [0.15, 0.2) is 0 Å². The van der Waals surface area contributed by atoms with Crippen molar-refractivity contribution < 1.29 is 9.53 Å². The maximum Gasteiger partial charge on any atom is 0.338 e. The minimum atomic E-state index is -0.244. The van der Waals surface area contributed by atoms with Crippen LogP contribution in [-0.4, -0.2) is 12.6 Å². The summed E-state index contributed by atoms with van der Waals surface area (Å²) in [4.78, 5) is 12.0. The Labute approximate surface area is 140 Å². The van der Waals surface area contributed by atoms with Gasteiger partial charge in [-0.1, -0.05) is 64.0 Å². The SMILES string of the molecule is CCCCCCC(CCCC)COC(=O)c1ccc(Cl)cc1. The molecule has 0 heterocycles. The second-order valence-corrected chi connectivity index (χ2v) is 6.40. The van der Waals surface area contributed by atoms with Crippen molar-refractivity contribution in [1.29, 1.82) is 0 Å². The highest BCUT2D eigenvalue weighted by atomic mass is 35.5. The second-order valence-electron chi connectivity index (χ2n) is 5.96. The fourth-order valence-electron chi connectivity index (χ4n) is 2.53. The summed E-state index contributed by atoms with van der Waals surface area (Å²) >= 11 is 5.83. The minimum absolute atomic E-state index is 0.244. The Morgan fingerprint density at radius 1 is 1.00 bits per heavy atom. The van der Waals surface area contributed by atoms with Crippen LogP contribution in [0.25, 0.3) is 0 Å². The first-order valence-electron chi connectivity index (χ1n) is 8.60. The van der Waals surface area contributed by atoms with Crippen LogP contribution in [0.1, 0.15) is 75.6 Å². The molecule has 0 saturated carbocycles. The lowest BCUT2D eigenvalue weighted by molar-refractivity contribution is 0.0422. The zero-order chi connectivity index (χ0) is 16.2. The molecule has 0 aliphatic heterocycles. The van der Waals surface area contributed by atoms with Gasteiger partial charge in [-0.15, -0.1) is 0 Å². The summed E-state index contributed by atoms with van der Waals surface area (Å²) < 4.78 is 5.50. The van der Waals surface area contributed by atoms with Crippen molar-refractivity contribution in [3.63, 3.8) is 0 Å². The zero-order valence-corrected chi connectivity index (χ0v) is 14.7. The van der Waals surface area contributed by atoms with E-state index in [1.54, 1.807) is 24.3 Å². The smallest absolute Gasteiger partial charge is 0.338 e. The zero-order valence-electron chi connectivity index (χ0n) is 13.9. The average Bonchev–Trinajstić information content (AvgIpc) is 2.53. The Morgan fingerprint density at radius 3 is 2.27 bits per heavy atom. The molecule has 1 aromatic carbocycles. The Morgan fingerprint density at radius 2 is 1.64 bits per heavy atom. The van der Waals surface area contributed by atoms with Gasteiger partial charge in [0.2, 0.25) is 0 Å². The molecular weight excluding hydrogens is 296 g/mol. The van der Waals surface area contributed by atoms with Crippen LogP contribution in [0, 0.1) is 5.92 Å². The van der Waals surface area contributed by atoms with Crippen LogP contribution in [0.2, 0.25) is 5.02 Å². The summed E-state index contributed by atoms with van der Waals surface area (Å²) in [6.45, 7) is 4.96. The topological polar surface area (TPSA) is 26.3 Å². The summed E-state index contributed by atoms with van der Waals surface area (Å²) in [7, 11) is 0. The van der Waals surface area contributed by atoms with Gasteiger partial charge in [-0.25, -0.2) is 4.79 Å². The molecule has 0 saturated heterocycles. The van der Waals surface area contributed by atoms with E-state index >= 15 is 0 Å². The molecule has 0 bridgehead atoms. The summed E-state index contributed by atoms with van der Waals surface area (Å²) in [6.07, 6.45) is 9.78. The molecule has 0 amide bonds. The van der Waals surface area contributed by atoms with Crippen molar-refractivity contribution in [3.05, 3.63) is 34.9 Å². The summed E-state index contributed by atoms with van der Waals surface area (Å²) in [5, 5.41) is 0.633. The molecule has 0 N–H and O–H groups in total. The predicted molar refractivity (Wildman–Crippen MR) is 93.5 cm³/mol. The maximum absolute atomic E-state index is 12.0.